The molecule has 5 heteroatoms. The van der Waals surface area contributed by atoms with Crippen molar-refractivity contribution >= 4 is 5.96 Å². The van der Waals surface area contributed by atoms with Crippen molar-refractivity contribution in [1.29, 1.82) is 0 Å². The van der Waals surface area contributed by atoms with Gasteiger partial charge in [0, 0.05) is 27.1 Å². The van der Waals surface area contributed by atoms with Crippen molar-refractivity contribution in [3.05, 3.63) is 65.5 Å². The van der Waals surface area contributed by atoms with E-state index in [1.54, 1.807) is 19.2 Å². The molecule has 4 nitrogen and oxygen atoms in total. The minimum absolute atomic E-state index is 0.0988. The molecular formula is C19H22FN3O. The molecule has 24 heavy (non-hydrogen) atoms. The Morgan fingerprint density at radius 1 is 1.29 bits per heavy atom. The van der Waals surface area contributed by atoms with Crippen LogP contribution in [0.1, 0.15) is 11.1 Å². The molecule has 0 spiro atoms. The topological polar surface area (TPSA) is 36.9 Å². The first-order valence-corrected chi connectivity index (χ1v) is 8.06. The maximum atomic E-state index is 13.3. The van der Waals surface area contributed by atoms with Gasteiger partial charge in [-0.05, 0) is 29.3 Å². The van der Waals surface area contributed by atoms with Gasteiger partial charge in [0.05, 0.1) is 6.54 Å². The molecule has 1 heterocycles. The summed E-state index contributed by atoms with van der Waals surface area (Å²) >= 11 is 0. The predicted octanol–water partition coefficient (Wildman–Crippen LogP) is 2.84. The number of halogens is 1. The van der Waals surface area contributed by atoms with E-state index in [0.29, 0.717) is 13.1 Å². The fraction of sp³-hybridized carbons (Fsp3) is 0.316. The van der Waals surface area contributed by atoms with Gasteiger partial charge in [0.2, 0.25) is 0 Å². The molecule has 0 amide bonds. The monoisotopic (exact) mass is 327 g/mol. The van der Waals surface area contributed by atoms with Crippen LogP contribution in [0.15, 0.2) is 53.5 Å². The number of ether oxygens (including phenoxy) is 1. The lowest BCUT2D eigenvalue weighted by Crippen LogP contribution is -2.42. The smallest absolute Gasteiger partial charge is 0.193 e. The molecule has 0 radical (unpaired) electrons. The molecule has 0 fully saturated rings. The summed E-state index contributed by atoms with van der Waals surface area (Å²) in [7, 11) is 3.68. The molecule has 1 aliphatic heterocycles. The van der Waals surface area contributed by atoms with Crippen molar-refractivity contribution in [2.75, 3.05) is 20.6 Å². The van der Waals surface area contributed by atoms with Gasteiger partial charge in [-0.1, -0.05) is 30.3 Å². The summed E-state index contributed by atoms with van der Waals surface area (Å²) in [4.78, 5) is 6.27. The number of benzene rings is 2. The third kappa shape index (κ3) is 3.85. The Morgan fingerprint density at radius 3 is 2.88 bits per heavy atom. The highest BCUT2D eigenvalue weighted by Crippen LogP contribution is 2.27. The van der Waals surface area contributed by atoms with E-state index in [2.05, 4.69) is 16.4 Å². The normalized spacial score (nSPS) is 16.5. The van der Waals surface area contributed by atoms with Gasteiger partial charge >= 0.3 is 0 Å². The second-order valence-corrected chi connectivity index (χ2v) is 5.97. The fourth-order valence-corrected chi connectivity index (χ4v) is 2.94. The summed E-state index contributed by atoms with van der Waals surface area (Å²) in [6, 6.07) is 14.7. The van der Waals surface area contributed by atoms with Crippen LogP contribution in [-0.2, 0) is 13.0 Å². The number of para-hydroxylation sites is 1. The lowest BCUT2D eigenvalue weighted by atomic mass is 10.1. The van der Waals surface area contributed by atoms with Crippen LogP contribution in [0.4, 0.5) is 4.39 Å². The maximum absolute atomic E-state index is 13.3. The highest BCUT2D eigenvalue weighted by Gasteiger charge is 2.22. The van der Waals surface area contributed by atoms with Crippen LogP contribution in [0.2, 0.25) is 0 Å². The van der Waals surface area contributed by atoms with E-state index in [-0.39, 0.29) is 11.9 Å². The predicted molar refractivity (Wildman–Crippen MR) is 93.8 cm³/mol. The Bertz CT molecular complexity index is 707. The molecule has 1 atom stereocenters. The molecule has 0 aromatic heterocycles. The summed E-state index contributed by atoms with van der Waals surface area (Å²) in [6.07, 6.45) is 0.995. The van der Waals surface area contributed by atoms with Crippen LogP contribution in [-0.4, -0.2) is 37.6 Å². The van der Waals surface area contributed by atoms with Gasteiger partial charge in [0.25, 0.3) is 0 Å². The molecule has 0 saturated heterocycles. The minimum atomic E-state index is -0.221. The fourth-order valence-electron chi connectivity index (χ4n) is 2.94. The number of hydrogen-bond donors (Lipinski definition) is 1. The van der Waals surface area contributed by atoms with Crippen LogP contribution in [0, 0.1) is 5.82 Å². The minimum Gasteiger partial charge on any atom is -0.488 e. The molecule has 0 aliphatic carbocycles. The van der Waals surface area contributed by atoms with Crippen LogP contribution >= 0.6 is 0 Å². The molecule has 1 N–H and O–H groups in total. The third-order valence-corrected chi connectivity index (χ3v) is 4.08. The van der Waals surface area contributed by atoms with Crippen LogP contribution < -0.4 is 10.1 Å². The molecule has 126 valence electrons. The molecular weight excluding hydrogens is 305 g/mol. The SMILES string of the molecule is CN=C(NCC1Cc2ccccc2O1)N(C)Cc1cccc(F)c1. The lowest BCUT2D eigenvalue weighted by Gasteiger charge is -2.23. The van der Waals surface area contributed by atoms with Crippen LogP contribution in [0.5, 0.6) is 5.75 Å². The van der Waals surface area contributed by atoms with E-state index in [0.717, 1.165) is 23.7 Å². The number of hydrogen-bond acceptors (Lipinski definition) is 2. The number of nitrogens with one attached hydrogen (secondary N) is 1. The average Bonchev–Trinajstić information content (AvgIpc) is 2.98. The first-order chi connectivity index (χ1) is 11.7. The number of aliphatic imine (C=N–C) groups is 1. The number of rotatable bonds is 4. The summed E-state index contributed by atoms with van der Waals surface area (Å²) in [6.45, 7) is 1.26. The van der Waals surface area contributed by atoms with Gasteiger partial charge in [-0.25, -0.2) is 4.39 Å². The van der Waals surface area contributed by atoms with Crippen molar-refractivity contribution < 1.29 is 9.13 Å². The van der Waals surface area contributed by atoms with Gasteiger partial charge in [0.1, 0.15) is 17.7 Å². The average molecular weight is 327 g/mol. The molecule has 3 rings (SSSR count). The van der Waals surface area contributed by atoms with E-state index in [1.165, 1.54) is 11.6 Å². The van der Waals surface area contributed by atoms with Crippen molar-refractivity contribution in [2.45, 2.75) is 19.1 Å². The van der Waals surface area contributed by atoms with Gasteiger partial charge in [0.15, 0.2) is 5.96 Å². The van der Waals surface area contributed by atoms with Gasteiger partial charge in [-0.3, -0.25) is 4.99 Å². The van der Waals surface area contributed by atoms with Gasteiger partial charge in [-0.2, -0.15) is 0 Å². The molecule has 1 aliphatic rings. The van der Waals surface area contributed by atoms with E-state index in [4.69, 9.17) is 4.74 Å². The zero-order valence-corrected chi connectivity index (χ0v) is 14.0. The maximum Gasteiger partial charge on any atom is 0.193 e. The van der Waals surface area contributed by atoms with E-state index in [9.17, 15) is 4.39 Å². The largest absolute Gasteiger partial charge is 0.488 e. The molecule has 1 unspecified atom stereocenters. The second-order valence-electron chi connectivity index (χ2n) is 5.97. The van der Waals surface area contributed by atoms with Crippen LogP contribution in [0.3, 0.4) is 0 Å². The lowest BCUT2D eigenvalue weighted by molar-refractivity contribution is 0.233. The zero-order valence-electron chi connectivity index (χ0n) is 14.0. The third-order valence-electron chi connectivity index (χ3n) is 4.08. The van der Waals surface area contributed by atoms with Crippen molar-refractivity contribution in [1.82, 2.24) is 10.2 Å². The number of nitrogens with zero attached hydrogens (tertiary/aromatic N) is 2. The molecule has 2 aromatic rings. The van der Waals surface area contributed by atoms with E-state index in [1.807, 2.05) is 36.2 Å². The first kappa shape index (κ1) is 16.3. The highest BCUT2D eigenvalue weighted by atomic mass is 19.1. The highest BCUT2D eigenvalue weighted by molar-refractivity contribution is 5.79. The van der Waals surface area contributed by atoms with Gasteiger partial charge in [-0.15, -0.1) is 0 Å². The Kier molecular flexibility index (Phi) is 4.99. The Hall–Kier alpha value is -2.56. The number of guanidine groups is 1. The van der Waals surface area contributed by atoms with E-state index >= 15 is 0 Å². The Labute approximate surface area is 142 Å². The Balaban J connectivity index is 1.54. The Morgan fingerprint density at radius 2 is 2.12 bits per heavy atom. The first-order valence-electron chi connectivity index (χ1n) is 8.06. The standard InChI is InChI=1S/C19H22FN3O/c1-21-19(23(2)13-14-6-5-8-16(20)10-14)22-12-17-11-15-7-3-4-9-18(15)24-17/h3-10,17H,11-13H2,1-2H3,(H,21,22). The molecule has 0 bridgehead atoms. The van der Waals surface area contributed by atoms with Crippen molar-refractivity contribution in [3.8, 4) is 5.75 Å². The van der Waals surface area contributed by atoms with Crippen molar-refractivity contribution in [3.63, 3.8) is 0 Å². The zero-order chi connectivity index (χ0) is 16.9. The summed E-state index contributed by atoms with van der Waals surface area (Å²) in [5.41, 5.74) is 2.15. The van der Waals surface area contributed by atoms with Crippen molar-refractivity contribution in [2.24, 2.45) is 4.99 Å². The molecule has 0 saturated carbocycles. The van der Waals surface area contributed by atoms with Gasteiger partial charge < -0.3 is 15.0 Å². The quantitative estimate of drug-likeness (QED) is 0.693. The number of fused-ring (bicyclic) bond motifs is 1. The second kappa shape index (κ2) is 7.34. The van der Waals surface area contributed by atoms with E-state index < -0.39 is 0 Å². The van der Waals surface area contributed by atoms with Crippen LogP contribution in [0.25, 0.3) is 0 Å². The molecule has 2 aromatic carbocycles. The summed E-state index contributed by atoms with van der Waals surface area (Å²) in [5, 5.41) is 3.34. The summed E-state index contributed by atoms with van der Waals surface area (Å²) in [5.74, 6) is 1.51. The summed E-state index contributed by atoms with van der Waals surface area (Å²) < 4.78 is 19.2.